The van der Waals surface area contributed by atoms with Crippen molar-refractivity contribution in [2.24, 2.45) is 5.73 Å². The topological polar surface area (TPSA) is 75.0 Å². The third-order valence-corrected chi connectivity index (χ3v) is 3.73. The predicted molar refractivity (Wildman–Crippen MR) is 79.5 cm³/mol. The first-order valence-corrected chi connectivity index (χ1v) is 6.63. The Morgan fingerprint density at radius 3 is 3.00 bits per heavy atom. The summed E-state index contributed by atoms with van der Waals surface area (Å²) in [6, 6.07) is 5.81. The van der Waals surface area contributed by atoms with Crippen molar-refractivity contribution >= 4 is 45.1 Å². The average Bonchev–Trinajstić information content (AvgIpc) is 2.94. The van der Waals surface area contributed by atoms with Crippen LogP contribution in [0.25, 0.3) is 10.9 Å². The molecule has 0 aliphatic carbocycles. The summed E-state index contributed by atoms with van der Waals surface area (Å²) in [4.78, 5) is 14.1. The summed E-state index contributed by atoms with van der Waals surface area (Å²) in [6.45, 7) is 1.32. The van der Waals surface area contributed by atoms with E-state index < -0.39 is 0 Å². The molecule has 1 aromatic heterocycles. The van der Waals surface area contributed by atoms with Crippen LogP contribution in [0.15, 0.2) is 22.7 Å². The maximum absolute atomic E-state index is 12.4. The Bertz CT molecular complexity index is 615. The van der Waals surface area contributed by atoms with Crippen molar-refractivity contribution in [1.82, 2.24) is 15.1 Å². The quantitative estimate of drug-likeness (QED) is 0.829. The van der Waals surface area contributed by atoms with Gasteiger partial charge < -0.3 is 10.6 Å². The molecule has 1 amide bonds. The van der Waals surface area contributed by atoms with Crippen molar-refractivity contribution < 1.29 is 4.79 Å². The number of halogens is 2. The SMILES string of the molecule is Cl.N[C@@H]1CCN(C(=O)c2n[nH]c3ccc(Br)cc23)C1. The van der Waals surface area contributed by atoms with Gasteiger partial charge in [-0.1, -0.05) is 15.9 Å². The number of aromatic nitrogens is 2. The minimum atomic E-state index is -0.0488. The van der Waals surface area contributed by atoms with Crippen LogP contribution in [0.5, 0.6) is 0 Å². The molecule has 1 aliphatic rings. The highest BCUT2D eigenvalue weighted by Crippen LogP contribution is 2.23. The monoisotopic (exact) mass is 344 g/mol. The Kier molecular flexibility index (Phi) is 4.13. The molecule has 7 heteroatoms. The number of nitrogens with two attached hydrogens (primary N) is 1. The van der Waals surface area contributed by atoms with Crippen molar-refractivity contribution in [1.29, 1.82) is 0 Å². The lowest BCUT2D eigenvalue weighted by atomic mass is 10.2. The molecule has 102 valence electrons. The number of carbonyl (C=O) groups excluding carboxylic acids is 1. The predicted octanol–water partition coefficient (Wildman–Crippen LogP) is 1.92. The Hall–Kier alpha value is -1.11. The summed E-state index contributed by atoms with van der Waals surface area (Å²) >= 11 is 3.41. The second-order valence-electron chi connectivity index (χ2n) is 4.56. The summed E-state index contributed by atoms with van der Waals surface area (Å²) in [5, 5.41) is 7.85. The highest BCUT2D eigenvalue weighted by atomic mass is 79.9. The summed E-state index contributed by atoms with van der Waals surface area (Å²) < 4.78 is 0.934. The number of aromatic amines is 1. The van der Waals surface area contributed by atoms with Gasteiger partial charge in [-0.15, -0.1) is 12.4 Å². The molecule has 1 saturated heterocycles. The summed E-state index contributed by atoms with van der Waals surface area (Å²) in [5.41, 5.74) is 7.16. The van der Waals surface area contributed by atoms with Crippen LogP contribution in [0, 0.1) is 0 Å². The van der Waals surface area contributed by atoms with Gasteiger partial charge in [0.25, 0.3) is 5.91 Å². The van der Waals surface area contributed by atoms with E-state index in [1.807, 2.05) is 18.2 Å². The van der Waals surface area contributed by atoms with Gasteiger partial charge in [-0.2, -0.15) is 5.10 Å². The number of nitrogens with zero attached hydrogens (tertiary/aromatic N) is 2. The molecule has 0 unspecified atom stereocenters. The second-order valence-corrected chi connectivity index (χ2v) is 5.48. The zero-order valence-electron chi connectivity index (χ0n) is 10.1. The molecule has 1 aromatic carbocycles. The van der Waals surface area contributed by atoms with Crippen LogP contribution >= 0.6 is 28.3 Å². The Labute approximate surface area is 125 Å². The zero-order valence-corrected chi connectivity index (χ0v) is 12.5. The first kappa shape index (κ1) is 14.3. The van der Waals surface area contributed by atoms with E-state index in [2.05, 4.69) is 26.1 Å². The minimum Gasteiger partial charge on any atom is -0.336 e. The minimum absolute atomic E-state index is 0. The molecule has 3 rings (SSSR count). The molecule has 2 aromatic rings. The zero-order chi connectivity index (χ0) is 12.7. The lowest BCUT2D eigenvalue weighted by Crippen LogP contribution is -2.32. The number of likely N-dealkylation sites (tertiary alicyclic amines) is 1. The van der Waals surface area contributed by atoms with Crippen molar-refractivity contribution in [2.75, 3.05) is 13.1 Å². The molecule has 3 N–H and O–H groups in total. The van der Waals surface area contributed by atoms with Crippen molar-refractivity contribution in [3.8, 4) is 0 Å². The molecule has 19 heavy (non-hydrogen) atoms. The number of rotatable bonds is 1. The summed E-state index contributed by atoms with van der Waals surface area (Å²) in [6.07, 6.45) is 0.859. The molecular formula is C12H14BrClN4O. The molecule has 5 nitrogen and oxygen atoms in total. The van der Waals surface area contributed by atoms with Crippen LogP contribution in [-0.2, 0) is 0 Å². The van der Waals surface area contributed by atoms with Crippen LogP contribution < -0.4 is 5.73 Å². The Morgan fingerprint density at radius 1 is 1.53 bits per heavy atom. The Balaban J connectivity index is 0.00000133. The normalized spacial score (nSPS) is 18.6. The van der Waals surface area contributed by atoms with Crippen molar-refractivity contribution in [3.05, 3.63) is 28.4 Å². The molecule has 0 bridgehead atoms. The van der Waals surface area contributed by atoms with E-state index in [1.54, 1.807) is 4.90 Å². The van der Waals surface area contributed by atoms with Gasteiger partial charge in [-0.3, -0.25) is 9.89 Å². The second kappa shape index (κ2) is 5.48. The fourth-order valence-corrected chi connectivity index (χ4v) is 2.63. The fourth-order valence-electron chi connectivity index (χ4n) is 2.27. The number of amides is 1. The smallest absolute Gasteiger partial charge is 0.275 e. The lowest BCUT2D eigenvalue weighted by Gasteiger charge is -2.14. The standard InChI is InChI=1S/C12H13BrN4O.ClH/c13-7-1-2-10-9(5-7)11(16-15-10)12(18)17-4-3-8(14)6-17;/h1-2,5,8H,3-4,6,14H2,(H,15,16);1H/t8-;/m1./s1. The van der Waals surface area contributed by atoms with Gasteiger partial charge in [0.2, 0.25) is 0 Å². The number of carbonyl (C=O) groups is 1. The lowest BCUT2D eigenvalue weighted by molar-refractivity contribution is 0.0787. The van der Waals surface area contributed by atoms with Gasteiger partial charge in [-0.25, -0.2) is 0 Å². The number of H-pyrrole nitrogens is 1. The summed E-state index contributed by atoms with van der Waals surface area (Å²) in [7, 11) is 0. The highest BCUT2D eigenvalue weighted by Gasteiger charge is 2.27. The maximum Gasteiger partial charge on any atom is 0.275 e. The van der Waals surface area contributed by atoms with Crippen LogP contribution in [0.2, 0.25) is 0 Å². The van der Waals surface area contributed by atoms with E-state index in [1.165, 1.54) is 0 Å². The molecule has 0 saturated carbocycles. The third-order valence-electron chi connectivity index (χ3n) is 3.24. The number of hydrogen-bond acceptors (Lipinski definition) is 3. The third kappa shape index (κ3) is 2.61. The van der Waals surface area contributed by atoms with Crippen LogP contribution in [-0.4, -0.2) is 40.1 Å². The number of fused-ring (bicyclic) bond motifs is 1. The van der Waals surface area contributed by atoms with Gasteiger partial charge in [-0.05, 0) is 24.6 Å². The van der Waals surface area contributed by atoms with Crippen LogP contribution in [0.3, 0.4) is 0 Å². The molecule has 0 radical (unpaired) electrons. The number of nitrogens with one attached hydrogen (secondary N) is 1. The maximum atomic E-state index is 12.4. The van der Waals surface area contributed by atoms with Gasteiger partial charge in [0, 0.05) is 29.0 Å². The van der Waals surface area contributed by atoms with Crippen molar-refractivity contribution in [3.63, 3.8) is 0 Å². The first-order valence-electron chi connectivity index (χ1n) is 5.83. The van der Waals surface area contributed by atoms with E-state index in [9.17, 15) is 4.79 Å². The first-order chi connectivity index (χ1) is 8.65. The van der Waals surface area contributed by atoms with E-state index in [0.29, 0.717) is 18.8 Å². The molecule has 0 spiro atoms. The number of hydrogen-bond donors (Lipinski definition) is 2. The Morgan fingerprint density at radius 2 is 2.32 bits per heavy atom. The number of benzene rings is 1. The molecule has 1 aliphatic heterocycles. The highest BCUT2D eigenvalue weighted by molar-refractivity contribution is 9.10. The van der Waals surface area contributed by atoms with Gasteiger partial charge in [0.15, 0.2) is 5.69 Å². The average molecular weight is 346 g/mol. The molecule has 2 heterocycles. The van der Waals surface area contributed by atoms with Crippen LogP contribution in [0.4, 0.5) is 0 Å². The molecule has 1 atom stereocenters. The van der Waals surface area contributed by atoms with Crippen molar-refractivity contribution in [2.45, 2.75) is 12.5 Å². The van der Waals surface area contributed by atoms with Gasteiger partial charge in [0.1, 0.15) is 0 Å². The van der Waals surface area contributed by atoms with Gasteiger partial charge >= 0.3 is 0 Å². The van der Waals surface area contributed by atoms with E-state index in [4.69, 9.17) is 5.73 Å². The van der Waals surface area contributed by atoms with Crippen LogP contribution in [0.1, 0.15) is 16.9 Å². The fraction of sp³-hybridized carbons (Fsp3) is 0.333. The van der Waals surface area contributed by atoms with Gasteiger partial charge in [0.05, 0.1) is 5.52 Å². The van der Waals surface area contributed by atoms with E-state index in [0.717, 1.165) is 21.8 Å². The largest absolute Gasteiger partial charge is 0.336 e. The molecular weight excluding hydrogens is 332 g/mol. The van der Waals surface area contributed by atoms with E-state index >= 15 is 0 Å². The molecule has 1 fully saturated rings. The summed E-state index contributed by atoms with van der Waals surface area (Å²) in [5.74, 6) is -0.0488. The van der Waals surface area contributed by atoms with E-state index in [-0.39, 0.29) is 24.4 Å².